The highest BCUT2D eigenvalue weighted by Gasteiger charge is 2.57. The highest BCUT2D eigenvalue weighted by atomic mass is 16.5. The van der Waals surface area contributed by atoms with Crippen LogP contribution in [-0.2, 0) is 10.8 Å². The fourth-order valence-electron chi connectivity index (χ4n) is 2.76. The van der Waals surface area contributed by atoms with Gasteiger partial charge in [-0.05, 0) is 35.4 Å². The molecule has 2 aromatic carbocycles. The molecule has 0 spiro atoms. The first kappa shape index (κ1) is 18.3. The van der Waals surface area contributed by atoms with Crippen LogP contribution in [0.2, 0.25) is 0 Å². The second-order valence-corrected chi connectivity index (χ2v) is 5.40. The van der Waals surface area contributed by atoms with Crippen molar-refractivity contribution in [1.29, 1.82) is 21.0 Å². The van der Waals surface area contributed by atoms with E-state index < -0.39 is 10.8 Å². The number of methoxy groups -OCH3 is 2. The molecular weight excluding hydrogens is 328 g/mol. The lowest BCUT2D eigenvalue weighted by Gasteiger charge is -2.32. The predicted molar refractivity (Wildman–Crippen MR) is 91.8 cm³/mol. The molecule has 0 aromatic heterocycles. The number of nitriles is 4. The molecule has 2 aromatic rings. The third-order valence-electron chi connectivity index (χ3n) is 4.28. The van der Waals surface area contributed by atoms with E-state index in [4.69, 9.17) is 9.47 Å². The lowest BCUT2D eigenvalue weighted by molar-refractivity contribution is 0.413. The van der Waals surface area contributed by atoms with Crippen molar-refractivity contribution < 1.29 is 9.47 Å². The number of hydrogen-bond donors (Lipinski definition) is 0. The Morgan fingerprint density at radius 3 is 1.04 bits per heavy atom. The first-order valence-corrected chi connectivity index (χ1v) is 7.51. The van der Waals surface area contributed by atoms with E-state index in [0.717, 1.165) is 0 Å². The number of hydrogen-bond acceptors (Lipinski definition) is 6. The normalized spacial score (nSPS) is 10.5. The highest BCUT2D eigenvalue weighted by molar-refractivity contribution is 5.60. The van der Waals surface area contributed by atoms with Crippen molar-refractivity contribution in [3.63, 3.8) is 0 Å². The largest absolute Gasteiger partial charge is 0.497 e. The van der Waals surface area contributed by atoms with Gasteiger partial charge < -0.3 is 9.47 Å². The van der Waals surface area contributed by atoms with E-state index in [1.165, 1.54) is 38.5 Å². The molecule has 0 fully saturated rings. The Kier molecular flexibility index (Phi) is 5.13. The molecule has 0 amide bonds. The van der Waals surface area contributed by atoms with Gasteiger partial charge in [-0.3, -0.25) is 0 Å². The number of benzene rings is 2. The van der Waals surface area contributed by atoms with Crippen LogP contribution in [0, 0.1) is 45.3 Å². The summed E-state index contributed by atoms with van der Waals surface area (Å²) in [7, 11) is 2.98. The minimum Gasteiger partial charge on any atom is -0.497 e. The average Bonchev–Trinajstić information content (AvgIpc) is 2.72. The Balaban J connectivity index is 2.77. The van der Waals surface area contributed by atoms with Crippen LogP contribution in [0.1, 0.15) is 11.1 Å². The third-order valence-corrected chi connectivity index (χ3v) is 4.28. The van der Waals surface area contributed by atoms with Gasteiger partial charge in [0.15, 0.2) is 0 Å². The average molecular weight is 342 g/mol. The number of ether oxygens (including phenoxy) is 2. The monoisotopic (exact) mass is 342 g/mol. The molecule has 0 unspecified atom stereocenters. The van der Waals surface area contributed by atoms with E-state index >= 15 is 0 Å². The van der Waals surface area contributed by atoms with Crippen molar-refractivity contribution in [2.24, 2.45) is 0 Å². The van der Waals surface area contributed by atoms with Crippen molar-refractivity contribution >= 4 is 0 Å². The van der Waals surface area contributed by atoms with Crippen molar-refractivity contribution in [2.45, 2.75) is 10.8 Å². The first-order chi connectivity index (χ1) is 12.6. The Morgan fingerprint density at radius 2 is 0.846 bits per heavy atom. The Labute approximate surface area is 151 Å². The summed E-state index contributed by atoms with van der Waals surface area (Å²) in [5, 5.41) is 39.5. The fraction of sp³-hybridized carbons (Fsp3) is 0.200. The predicted octanol–water partition coefficient (Wildman–Crippen LogP) is 2.97. The van der Waals surface area contributed by atoms with Crippen LogP contribution >= 0.6 is 0 Å². The molecule has 0 aliphatic heterocycles. The zero-order valence-electron chi connectivity index (χ0n) is 14.2. The lowest BCUT2D eigenvalue weighted by atomic mass is 9.59. The van der Waals surface area contributed by atoms with E-state index in [0.29, 0.717) is 11.5 Å². The highest BCUT2D eigenvalue weighted by Crippen LogP contribution is 2.44. The Hall–Kier alpha value is -4.00. The first-order valence-electron chi connectivity index (χ1n) is 7.51. The van der Waals surface area contributed by atoms with Gasteiger partial charge in [-0.1, -0.05) is 24.3 Å². The molecule has 126 valence electrons. The smallest absolute Gasteiger partial charge is 0.204 e. The van der Waals surface area contributed by atoms with Gasteiger partial charge in [-0.15, -0.1) is 0 Å². The molecule has 2 rings (SSSR count). The zero-order chi connectivity index (χ0) is 19.2. The summed E-state index contributed by atoms with van der Waals surface area (Å²) in [4.78, 5) is 0. The minimum absolute atomic E-state index is 0.238. The van der Waals surface area contributed by atoms with E-state index in [9.17, 15) is 21.0 Å². The van der Waals surface area contributed by atoms with Crippen LogP contribution in [0.3, 0.4) is 0 Å². The molecule has 0 heterocycles. The molecule has 0 saturated heterocycles. The summed E-state index contributed by atoms with van der Waals surface area (Å²) in [5.74, 6) is 1.06. The van der Waals surface area contributed by atoms with Crippen LogP contribution in [0.25, 0.3) is 0 Å². The molecule has 6 heteroatoms. The van der Waals surface area contributed by atoms with Crippen LogP contribution in [0.15, 0.2) is 48.5 Å². The minimum atomic E-state index is -2.03. The second kappa shape index (κ2) is 7.27. The van der Waals surface area contributed by atoms with Crippen molar-refractivity contribution in [3.05, 3.63) is 59.7 Å². The van der Waals surface area contributed by atoms with Crippen LogP contribution < -0.4 is 9.47 Å². The number of rotatable bonds is 5. The van der Waals surface area contributed by atoms with Crippen LogP contribution in [-0.4, -0.2) is 14.2 Å². The van der Waals surface area contributed by atoms with Gasteiger partial charge in [0, 0.05) is 0 Å². The molecule has 6 nitrogen and oxygen atoms in total. The Morgan fingerprint density at radius 1 is 0.577 bits per heavy atom. The lowest BCUT2D eigenvalue weighted by Crippen LogP contribution is -2.45. The van der Waals surface area contributed by atoms with Gasteiger partial charge in [0.05, 0.1) is 38.5 Å². The van der Waals surface area contributed by atoms with E-state index in [-0.39, 0.29) is 11.1 Å². The van der Waals surface area contributed by atoms with E-state index in [1.54, 1.807) is 24.3 Å². The molecule has 26 heavy (non-hydrogen) atoms. The third kappa shape index (κ3) is 2.57. The van der Waals surface area contributed by atoms with Gasteiger partial charge in [-0.2, -0.15) is 21.0 Å². The molecule has 0 radical (unpaired) electrons. The summed E-state index contributed by atoms with van der Waals surface area (Å²) >= 11 is 0. The summed E-state index contributed by atoms with van der Waals surface area (Å²) in [5.41, 5.74) is -3.58. The van der Waals surface area contributed by atoms with Crippen LogP contribution in [0.4, 0.5) is 0 Å². The topological polar surface area (TPSA) is 114 Å². The Bertz CT molecular complexity index is 842. The van der Waals surface area contributed by atoms with Crippen LogP contribution in [0.5, 0.6) is 11.5 Å². The van der Waals surface area contributed by atoms with Crippen molar-refractivity contribution in [2.75, 3.05) is 14.2 Å². The zero-order valence-corrected chi connectivity index (χ0v) is 14.2. The molecule has 0 aliphatic carbocycles. The van der Waals surface area contributed by atoms with Gasteiger partial charge in [-0.25, -0.2) is 0 Å². The maximum absolute atomic E-state index is 9.89. The summed E-state index contributed by atoms with van der Waals surface area (Å²) < 4.78 is 10.2. The standard InChI is InChI=1S/C20H14N4O2/c1-25-17-7-3-15(4-8-17)19(11-21,12-22)20(13-23,14-24)16-5-9-18(26-2)10-6-16/h3-10H,1-2H3. The van der Waals surface area contributed by atoms with Crippen molar-refractivity contribution in [1.82, 2.24) is 0 Å². The van der Waals surface area contributed by atoms with Crippen molar-refractivity contribution in [3.8, 4) is 35.8 Å². The summed E-state index contributed by atoms with van der Waals surface area (Å²) in [6.45, 7) is 0. The maximum Gasteiger partial charge on any atom is 0.204 e. The molecular formula is C20H14N4O2. The quantitative estimate of drug-likeness (QED) is 0.825. The maximum atomic E-state index is 9.89. The van der Waals surface area contributed by atoms with Gasteiger partial charge in [0.1, 0.15) is 11.5 Å². The van der Waals surface area contributed by atoms with E-state index in [1.807, 2.05) is 24.3 Å². The molecule has 0 atom stereocenters. The molecule has 0 saturated carbocycles. The molecule has 0 N–H and O–H groups in total. The van der Waals surface area contributed by atoms with E-state index in [2.05, 4.69) is 0 Å². The fourth-order valence-corrected chi connectivity index (χ4v) is 2.76. The molecule has 0 bridgehead atoms. The summed E-state index contributed by atoms with van der Waals surface area (Å²) in [6, 6.07) is 20.0. The SMILES string of the molecule is COc1ccc(C(C#N)(C#N)C(C#N)(C#N)c2ccc(OC)cc2)cc1. The van der Waals surface area contributed by atoms with Gasteiger partial charge in [0.2, 0.25) is 10.8 Å². The second-order valence-electron chi connectivity index (χ2n) is 5.40. The summed E-state index contributed by atoms with van der Waals surface area (Å²) in [6.07, 6.45) is 0. The van der Waals surface area contributed by atoms with Gasteiger partial charge >= 0.3 is 0 Å². The van der Waals surface area contributed by atoms with Gasteiger partial charge in [0.25, 0.3) is 0 Å². The molecule has 0 aliphatic rings. The number of nitrogens with zero attached hydrogens (tertiary/aromatic N) is 4.